The van der Waals surface area contributed by atoms with E-state index in [1.807, 2.05) is 18.2 Å². The van der Waals surface area contributed by atoms with E-state index < -0.39 is 0 Å². The highest BCUT2D eigenvalue weighted by atomic mass is 32.2. The molecule has 1 nitrogen and oxygen atoms in total. The van der Waals surface area contributed by atoms with Gasteiger partial charge in [-0.1, -0.05) is 25.1 Å². The Balaban J connectivity index is 2.53. The molecule has 1 rings (SSSR count). The molecular formula is C11H13NS. The van der Waals surface area contributed by atoms with Gasteiger partial charge in [-0.05, 0) is 18.6 Å². The van der Waals surface area contributed by atoms with Crippen LogP contribution in [0.2, 0.25) is 0 Å². The van der Waals surface area contributed by atoms with Gasteiger partial charge in [0.05, 0.1) is 6.07 Å². The molecule has 0 aliphatic rings. The largest absolute Gasteiger partial charge is 0.198 e. The summed E-state index contributed by atoms with van der Waals surface area (Å²) in [6, 6.07) is 12.5. The molecule has 0 saturated heterocycles. The fourth-order valence-corrected chi connectivity index (χ4v) is 2.09. The number of rotatable bonds is 4. The van der Waals surface area contributed by atoms with Crippen LogP contribution in [0.5, 0.6) is 0 Å². The Hall–Kier alpha value is -0.940. The fraction of sp³-hybridized carbons (Fsp3) is 0.364. The zero-order valence-corrected chi connectivity index (χ0v) is 8.55. The quantitative estimate of drug-likeness (QED) is 0.680. The lowest BCUT2D eigenvalue weighted by Gasteiger charge is -2.09. The Morgan fingerprint density at radius 3 is 2.62 bits per heavy atom. The summed E-state index contributed by atoms with van der Waals surface area (Å²) in [7, 11) is 0. The molecule has 0 heterocycles. The zero-order valence-electron chi connectivity index (χ0n) is 7.73. The van der Waals surface area contributed by atoms with Gasteiger partial charge < -0.3 is 0 Å². The summed E-state index contributed by atoms with van der Waals surface area (Å²) in [6.07, 6.45) is 1.68. The van der Waals surface area contributed by atoms with Crippen LogP contribution in [0.25, 0.3) is 0 Å². The van der Waals surface area contributed by atoms with Gasteiger partial charge in [0.2, 0.25) is 0 Å². The lowest BCUT2D eigenvalue weighted by atomic mass is 10.3. The Bertz CT molecular complexity index is 276. The van der Waals surface area contributed by atoms with Crippen LogP contribution < -0.4 is 0 Å². The predicted octanol–water partition coefficient (Wildman–Crippen LogP) is 3.47. The SMILES string of the molecule is CCC(CC#N)Sc1ccccc1. The molecule has 0 aliphatic carbocycles. The highest BCUT2D eigenvalue weighted by Crippen LogP contribution is 2.26. The van der Waals surface area contributed by atoms with Crippen molar-refractivity contribution in [3.63, 3.8) is 0 Å². The third-order valence-corrected chi connectivity index (χ3v) is 3.20. The maximum Gasteiger partial charge on any atom is 0.0633 e. The highest BCUT2D eigenvalue weighted by molar-refractivity contribution is 8.00. The number of hydrogen-bond acceptors (Lipinski definition) is 2. The van der Waals surface area contributed by atoms with Gasteiger partial charge in [-0.2, -0.15) is 5.26 Å². The van der Waals surface area contributed by atoms with Crippen molar-refractivity contribution in [2.24, 2.45) is 0 Å². The second-order valence-electron chi connectivity index (χ2n) is 2.82. The first kappa shape index (κ1) is 10.1. The second kappa shape index (κ2) is 5.66. The van der Waals surface area contributed by atoms with E-state index in [9.17, 15) is 0 Å². The lowest BCUT2D eigenvalue weighted by Crippen LogP contribution is -1.98. The van der Waals surface area contributed by atoms with E-state index in [1.165, 1.54) is 4.90 Å². The number of nitriles is 1. The maximum atomic E-state index is 8.58. The molecule has 1 aromatic carbocycles. The van der Waals surface area contributed by atoms with E-state index in [4.69, 9.17) is 5.26 Å². The molecule has 0 N–H and O–H groups in total. The van der Waals surface area contributed by atoms with Gasteiger partial charge in [-0.3, -0.25) is 0 Å². The Morgan fingerprint density at radius 2 is 2.08 bits per heavy atom. The molecule has 1 unspecified atom stereocenters. The van der Waals surface area contributed by atoms with Crippen molar-refractivity contribution in [2.45, 2.75) is 29.9 Å². The smallest absolute Gasteiger partial charge is 0.0633 e. The minimum absolute atomic E-state index is 0.437. The van der Waals surface area contributed by atoms with Crippen LogP contribution in [0.3, 0.4) is 0 Å². The van der Waals surface area contributed by atoms with Crippen LogP contribution in [0, 0.1) is 11.3 Å². The van der Waals surface area contributed by atoms with Crippen molar-refractivity contribution >= 4 is 11.8 Å². The summed E-state index contributed by atoms with van der Waals surface area (Å²) >= 11 is 1.79. The number of benzene rings is 1. The normalized spacial score (nSPS) is 12.0. The van der Waals surface area contributed by atoms with Crippen molar-refractivity contribution in [3.8, 4) is 6.07 Å². The number of nitrogens with zero attached hydrogens (tertiary/aromatic N) is 1. The van der Waals surface area contributed by atoms with E-state index in [2.05, 4.69) is 25.1 Å². The third kappa shape index (κ3) is 3.52. The molecule has 68 valence electrons. The minimum Gasteiger partial charge on any atom is -0.198 e. The molecule has 0 saturated carbocycles. The van der Waals surface area contributed by atoms with Crippen LogP contribution in [0.1, 0.15) is 19.8 Å². The van der Waals surface area contributed by atoms with Crippen LogP contribution >= 0.6 is 11.8 Å². The number of hydrogen-bond donors (Lipinski definition) is 0. The molecule has 1 atom stereocenters. The van der Waals surface area contributed by atoms with Gasteiger partial charge >= 0.3 is 0 Å². The van der Waals surface area contributed by atoms with Crippen LogP contribution in [-0.2, 0) is 0 Å². The van der Waals surface area contributed by atoms with Crippen molar-refractivity contribution in [1.29, 1.82) is 5.26 Å². The summed E-state index contributed by atoms with van der Waals surface area (Å²) < 4.78 is 0. The lowest BCUT2D eigenvalue weighted by molar-refractivity contribution is 0.842. The summed E-state index contributed by atoms with van der Waals surface area (Å²) in [5.41, 5.74) is 0. The summed E-state index contributed by atoms with van der Waals surface area (Å²) in [5, 5.41) is 9.02. The molecule has 1 aromatic rings. The van der Waals surface area contributed by atoms with Gasteiger partial charge in [0.1, 0.15) is 0 Å². The monoisotopic (exact) mass is 191 g/mol. The van der Waals surface area contributed by atoms with E-state index in [1.54, 1.807) is 11.8 Å². The summed E-state index contributed by atoms with van der Waals surface area (Å²) in [5.74, 6) is 0. The Labute approximate surface area is 83.8 Å². The molecule has 0 bridgehead atoms. The highest BCUT2D eigenvalue weighted by Gasteiger charge is 2.06. The Kier molecular flexibility index (Phi) is 4.42. The van der Waals surface area contributed by atoms with Gasteiger partial charge in [-0.25, -0.2) is 0 Å². The average Bonchev–Trinajstić information content (AvgIpc) is 2.19. The van der Waals surface area contributed by atoms with Gasteiger partial charge in [0.25, 0.3) is 0 Å². The van der Waals surface area contributed by atoms with E-state index in [0.717, 1.165) is 6.42 Å². The topological polar surface area (TPSA) is 23.8 Å². The molecule has 0 radical (unpaired) electrons. The molecule has 13 heavy (non-hydrogen) atoms. The van der Waals surface area contributed by atoms with Gasteiger partial charge in [0, 0.05) is 16.6 Å². The zero-order chi connectivity index (χ0) is 9.52. The standard InChI is InChI=1S/C11H13NS/c1-2-10(8-9-12)13-11-6-4-3-5-7-11/h3-7,10H,2,8H2,1H3. The van der Waals surface area contributed by atoms with Crippen LogP contribution in [-0.4, -0.2) is 5.25 Å². The Morgan fingerprint density at radius 1 is 1.38 bits per heavy atom. The van der Waals surface area contributed by atoms with Crippen molar-refractivity contribution in [3.05, 3.63) is 30.3 Å². The first-order valence-corrected chi connectivity index (χ1v) is 5.33. The predicted molar refractivity (Wildman–Crippen MR) is 56.6 cm³/mol. The average molecular weight is 191 g/mol. The van der Waals surface area contributed by atoms with Crippen molar-refractivity contribution < 1.29 is 0 Å². The van der Waals surface area contributed by atoms with Gasteiger partial charge in [0.15, 0.2) is 0 Å². The molecule has 0 amide bonds. The van der Waals surface area contributed by atoms with E-state index >= 15 is 0 Å². The summed E-state index contributed by atoms with van der Waals surface area (Å²) in [4.78, 5) is 1.25. The maximum absolute atomic E-state index is 8.58. The fourth-order valence-electron chi connectivity index (χ4n) is 1.06. The summed E-state index contributed by atoms with van der Waals surface area (Å²) in [6.45, 7) is 2.12. The third-order valence-electron chi connectivity index (χ3n) is 1.82. The first-order chi connectivity index (χ1) is 6.36. The molecule has 0 aromatic heterocycles. The van der Waals surface area contributed by atoms with Gasteiger partial charge in [-0.15, -0.1) is 11.8 Å². The van der Waals surface area contributed by atoms with Crippen molar-refractivity contribution in [1.82, 2.24) is 0 Å². The minimum atomic E-state index is 0.437. The van der Waals surface area contributed by atoms with Crippen LogP contribution in [0.15, 0.2) is 35.2 Å². The molecule has 0 spiro atoms. The first-order valence-electron chi connectivity index (χ1n) is 4.45. The van der Waals surface area contributed by atoms with E-state index in [-0.39, 0.29) is 0 Å². The molecule has 0 fully saturated rings. The van der Waals surface area contributed by atoms with Crippen molar-refractivity contribution in [2.75, 3.05) is 0 Å². The molecular weight excluding hydrogens is 178 g/mol. The van der Waals surface area contributed by atoms with Crippen LogP contribution in [0.4, 0.5) is 0 Å². The van der Waals surface area contributed by atoms with E-state index in [0.29, 0.717) is 11.7 Å². The molecule has 0 aliphatic heterocycles. The second-order valence-corrected chi connectivity index (χ2v) is 4.20. The molecule has 2 heteroatoms. The number of thioether (sulfide) groups is 1.